The molecule has 0 amide bonds. The van der Waals surface area contributed by atoms with E-state index in [2.05, 4.69) is 18.8 Å². The number of hydrogen-bond acceptors (Lipinski definition) is 3. The summed E-state index contributed by atoms with van der Waals surface area (Å²) in [6, 6.07) is 0.427. The van der Waals surface area contributed by atoms with Crippen LogP contribution < -0.4 is 5.32 Å². The third-order valence-corrected chi connectivity index (χ3v) is 3.53. The third kappa shape index (κ3) is 8.92. The van der Waals surface area contributed by atoms with Gasteiger partial charge in [-0.15, -0.1) is 6.58 Å². The van der Waals surface area contributed by atoms with Crippen molar-refractivity contribution in [3.63, 3.8) is 0 Å². The van der Waals surface area contributed by atoms with Gasteiger partial charge in [0.1, 0.15) is 9.84 Å². The molecule has 2 atom stereocenters. The van der Waals surface area contributed by atoms with Gasteiger partial charge in [0.15, 0.2) is 0 Å². The summed E-state index contributed by atoms with van der Waals surface area (Å²) in [5.74, 6) is 0.210. The first-order valence-corrected chi connectivity index (χ1v) is 7.99. The van der Waals surface area contributed by atoms with Gasteiger partial charge in [0.25, 0.3) is 0 Å². The molecule has 0 bridgehead atoms. The Morgan fingerprint density at radius 1 is 1.38 bits per heavy atom. The summed E-state index contributed by atoms with van der Waals surface area (Å²) < 4.78 is 22.3. The second-order valence-electron chi connectivity index (χ2n) is 4.51. The Kier molecular flexibility index (Phi) is 7.68. The van der Waals surface area contributed by atoms with Crippen LogP contribution in [0.15, 0.2) is 12.7 Å². The lowest BCUT2D eigenvalue weighted by Gasteiger charge is -2.22. The summed E-state index contributed by atoms with van der Waals surface area (Å²) in [7, 11) is -2.89. The second kappa shape index (κ2) is 7.85. The molecule has 1 N–H and O–H groups in total. The van der Waals surface area contributed by atoms with Gasteiger partial charge in [-0.2, -0.15) is 0 Å². The standard InChI is InChI=1S/C12H25NO2S/c1-5-7-9-12(8-6-2)13-11(3)10-16(4,14)15/h5,11-13H,1,6-10H2,2-4H3. The van der Waals surface area contributed by atoms with Crippen LogP contribution in [-0.4, -0.2) is 32.5 Å². The van der Waals surface area contributed by atoms with Crippen molar-refractivity contribution in [1.29, 1.82) is 0 Å². The van der Waals surface area contributed by atoms with Crippen molar-refractivity contribution in [2.24, 2.45) is 0 Å². The Morgan fingerprint density at radius 2 is 2.00 bits per heavy atom. The first-order valence-electron chi connectivity index (χ1n) is 5.93. The van der Waals surface area contributed by atoms with E-state index in [4.69, 9.17) is 0 Å². The van der Waals surface area contributed by atoms with Crippen LogP contribution in [-0.2, 0) is 9.84 Å². The van der Waals surface area contributed by atoms with Crippen molar-refractivity contribution in [1.82, 2.24) is 5.32 Å². The maximum atomic E-state index is 11.1. The highest BCUT2D eigenvalue weighted by Crippen LogP contribution is 2.07. The zero-order valence-corrected chi connectivity index (χ0v) is 11.5. The smallest absolute Gasteiger partial charge is 0.148 e. The normalized spacial score (nSPS) is 15.7. The molecule has 3 nitrogen and oxygen atoms in total. The van der Waals surface area contributed by atoms with Gasteiger partial charge >= 0.3 is 0 Å². The van der Waals surface area contributed by atoms with Gasteiger partial charge < -0.3 is 5.32 Å². The number of allylic oxidation sites excluding steroid dienone is 1. The average Bonchev–Trinajstić information content (AvgIpc) is 2.11. The molecule has 0 aromatic rings. The van der Waals surface area contributed by atoms with Crippen LogP contribution in [0.4, 0.5) is 0 Å². The SMILES string of the molecule is C=CCCC(CCC)NC(C)CS(C)(=O)=O. The molecule has 0 radical (unpaired) electrons. The predicted molar refractivity (Wildman–Crippen MR) is 70.4 cm³/mol. The Hall–Kier alpha value is -0.350. The monoisotopic (exact) mass is 247 g/mol. The fraction of sp³-hybridized carbons (Fsp3) is 0.833. The molecular weight excluding hydrogens is 222 g/mol. The van der Waals surface area contributed by atoms with Crippen molar-refractivity contribution in [3.05, 3.63) is 12.7 Å². The Morgan fingerprint density at radius 3 is 2.44 bits per heavy atom. The molecule has 0 spiro atoms. The maximum absolute atomic E-state index is 11.1. The lowest BCUT2D eigenvalue weighted by atomic mass is 10.1. The summed E-state index contributed by atoms with van der Waals surface area (Å²) in [6.45, 7) is 7.78. The number of sulfone groups is 1. The maximum Gasteiger partial charge on any atom is 0.148 e. The first-order chi connectivity index (χ1) is 7.39. The van der Waals surface area contributed by atoms with Crippen LogP contribution in [0.25, 0.3) is 0 Å². The summed E-state index contributed by atoms with van der Waals surface area (Å²) in [5, 5.41) is 3.38. The van der Waals surface area contributed by atoms with Crippen LogP contribution in [0.2, 0.25) is 0 Å². The highest BCUT2D eigenvalue weighted by Gasteiger charge is 2.14. The minimum absolute atomic E-state index is 0.0244. The molecule has 0 aliphatic heterocycles. The first kappa shape index (κ1) is 15.7. The van der Waals surface area contributed by atoms with Crippen molar-refractivity contribution in [3.8, 4) is 0 Å². The van der Waals surface area contributed by atoms with Gasteiger partial charge in [-0.3, -0.25) is 0 Å². The molecule has 2 unspecified atom stereocenters. The molecule has 0 aliphatic rings. The van der Waals surface area contributed by atoms with Gasteiger partial charge in [0.05, 0.1) is 5.75 Å². The van der Waals surface area contributed by atoms with E-state index in [0.717, 1.165) is 25.7 Å². The molecule has 0 rings (SSSR count). The average molecular weight is 247 g/mol. The predicted octanol–water partition coefficient (Wildman–Crippen LogP) is 2.14. The fourth-order valence-electron chi connectivity index (χ4n) is 1.88. The number of hydrogen-bond donors (Lipinski definition) is 1. The molecule has 0 aromatic heterocycles. The Labute approximate surface area is 100 Å². The van der Waals surface area contributed by atoms with Gasteiger partial charge in [-0.05, 0) is 26.2 Å². The van der Waals surface area contributed by atoms with E-state index >= 15 is 0 Å². The second-order valence-corrected chi connectivity index (χ2v) is 6.70. The molecule has 16 heavy (non-hydrogen) atoms. The Balaban J connectivity index is 4.10. The van der Waals surface area contributed by atoms with Gasteiger partial charge in [0.2, 0.25) is 0 Å². The quantitative estimate of drug-likeness (QED) is 0.635. The van der Waals surface area contributed by atoms with E-state index in [-0.39, 0.29) is 11.8 Å². The van der Waals surface area contributed by atoms with E-state index in [1.807, 2.05) is 13.0 Å². The topological polar surface area (TPSA) is 46.2 Å². The zero-order valence-electron chi connectivity index (χ0n) is 10.7. The van der Waals surface area contributed by atoms with Gasteiger partial charge in [-0.1, -0.05) is 19.4 Å². The van der Waals surface area contributed by atoms with Gasteiger partial charge in [-0.25, -0.2) is 8.42 Å². The summed E-state index contributed by atoms with van der Waals surface area (Å²) >= 11 is 0. The molecule has 0 aromatic carbocycles. The van der Waals surface area contributed by atoms with E-state index in [9.17, 15) is 8.42 Å². The van der Waals surface area contributed by atoms with Crippen LogP contribution in [0.1, 0.15) is 39.5 Å². The minimum atomic E-state index is -2.89. The third-order valence-electron chi connectivity index (χ3n) is 2.43. The van der Waals surface area contributed by atoms with Crippen LogP contribution in [0, 0.1) is 0 Å². The van der Waals surface area contributed by atoms with Crippen LogP contribution in [0.5, 0.6) is 0 Å². The number of nitrogens with one attached hydrogen (secondary N) is 1. The van der Waals surface area contributed by atoms with Crippen molar-refractivity contribution < 1.29 is 8.42 Å². The molecule has 0 saturated carbocycles. The molecule has 0 fully saturated rings. The van der Waals surface area contributed by atoms with Crippen molar-refractivity contribution in [2.45, 2.75) is 51.6 Å². The molecule has 0 aliphatic carbocycles. The van der Waals surface area contributed by atoms with Gasteiger partial charge in [0, 0.05) is 18.3 Å². The van der Waals surface area contributed by atoms with E-state index in [0.29, 0.717) is 6.04 Å². The Bertz CT molecular complexity index is 285. The highest BCUT2D eigenvalue weighted by atomic mass is 32.2. The van der Waals surface area contributed by atoms with E-state index in [1.54, 1.807) is 0 Å². The highest BCUT2D eigenvalue weighted by molar-refractivity contribution is 7.90. The minimum Gasteiger partial charge on any atom is -0.310 e. The molecular formula is C12H25NO2S. The summed E-state index contributed by atoms with van der Waals surface area (Å²) in [4.78, 5) is 0. The van der Waals surface area contributed by atoms with Crippen LogP contribution in [0.3, 0.4) is 0 Å². The lowest BCUT2D eigenvalue weighted by Crippen LogP contribution is -2.40. The summed E-state index contributed by atoms with van der Waals surface area (Å²) in [6.07, 6.45) is 7.40. The molecule has 96 valence electrons. The van der Waals surface area contributed by atoms with Crippen molar-refractivity contribution in [2.75, 3.05) is 12.0 Å². The largest absolute Gasteiger partial charge is 0.310 e. The lowest BCUT2D eigenvalue weighted by molar-refractivity contribution is 0.415. The molecule has 0 saturated heterocycles. The molecule has 4 heteroatoms. The van der Waals surface area contributed by atoms with Crippen LogP contribution >= 0.6 is 0 Å². The van der Waals surface area contributed by atoms with E-state index in [1.165, 1.54) is 6.26 Å². The molecule has 0 heterocycles. The zero-order chi connectivity index (χ0) is 12.6. The van der Waals surface area contributed by atoms with Crippen molar-refractivity contribution >= 4 is 9.84 Å². The van der Waals surface area contributed by atoms with E-state index < -0.39 is 9.84 Å². The summed E-state index contributed by atoms with van der Waals surface area (Å²) in [5.41, 5.74) is 0. The number of rotatable bonds is 9. The fourth-order valence-corrected chi connectivity index (χ4v) is 2.89.